The highest BCUT2D eigenvalue weighted by molar-refractivity contribution is 6.31. The first-order chi connectivity index (χ1) is 10.5. The van der Waals surface area contributed by atoms with E-state index in [2.05, 4.69) is 15.6 Å². The van der Waals surface area contributed by atoms with Crippen LogP contribution in [0.2, 0.25) is 5.02 Å². The fourth-order valence-corrected chi connectivity index (χ4v) is 1.96. The van der Waals surface area contributed by atoms with Gasteiger partial charge in [-0.2, -0.15) is 0 Å². The molecular weight excluding hydrogens is 305 g/mol. The predicted octanol–water partition coefficient (Wildman–Crippen LogP) is 4.15. The number of amides is 1. The van der Waals surface area contributed by atoms with Crippen LogP contribution < -0.4 is 10.6 Å². The third-order valence-corrected chi connectivity index (χ3v) is 3.49. The van der Waals surface area contributed by atoms with E-state index in [-0.39, 0.29) is 17.0 Å². The summed E-state index contributed by atoms with van der Waals surface area (Å²) in [6, 6.07) is 6.09. The van der Waals surface area contributed by atoms with Gasteiger partial charge in [-0.1, -0.05) is 18.5 Å². The lowest BCUT2D eigenvalue weighted by Crippen LogP contribution is -2.31. The molecule has 6 heteroatoms. The highest BCUT2D eigenvalue weighted by atomic mass is 35.5. The number of benzene rings is 1. The van der Waals surface area contributed by atoms with E-state index in [1.54, 1.807) is 18.3 Å². The molecule has 0 radical (unpaired) electrons. The lowest BCUT2D eigenvalue weighted by atomic mass is 10.2. The van der Waals surface area contributed by atoms with Gasteiger partial charge in [0, 0.05) is 17.9 Å². The van der Waals surface area contributed by atoms with Crippen LogP contribution in [-0.4, -0.2) is 16.9 Å². The zero-order chi connectivity index (χ0) is 16.1. The second kappa shape index (κ2) is 7.22. The molecule has 0 saturated carbocycles. The average molecular weight is 322 g/mol. The van der Waals surface area contributed by atoms with Crippen LogP contribution in [0.4, 0.5) is 15.8 Å². The Labute approximate surface area is 133 Å². The fourth-order valence-electron chi connectivity index (χ4n) is 1.78. The molecule has 0 bridgehead atoms. The number of aromatic nitrogens is 1. The fraction of sp³-hybridized carbons (Fsp3) is 0.250. The third kappa shape index (κ3) is 4.18. The molecule has 1 unspecified atom stereocenters. The molecular formula is C16H17ClFN3O. The Balaban J connectivity index is 2.14. The van der Waals surface area contributed by atoms with Gasteiger partial charge in [-0.3, -0.25) is 9.78 Å². The van der Waals surface area contributed by atoms with Gasteiger partial charge in [0.25, 0.3) is 5.91 Å². The van der Waals surface area contributed by atoms with Gasteiger partial charge in [-0.25, -0.2) is 4.39 Å². The Morgan fingerprint density at radius 3 is 2.77 bits per heavy atom. The molecule has 0 aliphatic carbocycles. The zero-order valence-electron chi connectivity index (χ0n) is 12.4. The summed E-state index contributed by atoms with van der Waals surface area (Å²) in [5.74, 6) is -0.658. The summed E-state index contributed by atoms with van der Waals surface area (Å²) in [5, 5.41) is 5.95. The lowest BCUT2D eigenvalue weighted by Gasteiger charge is -2.12. The minimum atomic E-state index is -0.480. The van der Waals surface area contributed by atoms with Crippen LogP contribution in [0.5, 0.6) is 0 Å². The molecule has 0 spiro atoms. The second-order valence-electron chi connectivity index (χ2n) is 5.00. The normalized spacial score (nSPS) is 11.8. The summed E-state index contributed by atoms with van der Waals surface area (Å²) >= 11 is 5.74. The van der Waals surface area contributed by atoms with Crippen LogP contribution in [0.15, 0.2) is 36.7 Å². The first kappa shape index (κ1) is 16.2. The highest BCUT2D eigenvalue weighted by Crippen LogP contribution is 2.22. The summed E-state index contributed by atoms with van der Waals surface area (Å²) < 4.78 is 13.1. The molecule has 2 aromatic rings. The maximum absolute atomic E-state index is 13.1. The number of hydrogen-bond acceptors (Lipinski definition) is 3. The van der Waals surface area contributed by atoms with Crippen LogP contribution in [0.1, 0.15) is 30.6 Å². The Morgan fingerprint density at radius 1 is 1.32 bits per heavy atom. The number of nitrogens with one attached hydrogen (secondary N) is 2. The standard InChI is InChI=1S/C16H17ClFN3O/c1-3-10(2)20-16(22)11-6-13(9-19-8-11)21-12-4-5-15(18)14(17)7-12/h4-10,21H,3H2,1-2H3,(H,20,22). The van der Waals surface area contributed by atoms with Gasteiger partial charge in [-0.05, 0) is 37.6 Å². The van der Waals surface area contributed by atoms with Crippen LogP contribution in [-0.2, 0) is 0 Å². The minimum absolute atomic E-state index is 0.0311. The molecule has 1 aromatic heterocycles. The maximum Gasteiger partial charge on any atom is 0.253 e. The van der Waals surface area contributed by atoms with Crippen molar-refractivity contribution in [1.82, 2.24) is 10.3 Å². The topological polar surface area (TPSA) is 54.0 Å². The summed E-state index contributed by atoms with van der Waals surface area (Å²) in [6.07, 6.45) is 3.93. The highest BCUT2D eigenvalue weighted by Gasteiger charge is 2.10. The Kier molecular flexibility index (Phi) is 5.33. The number of rotatable bonds is 5. The quantitative estimate of drug-likeness (QED) is 0.870. The molecule has 1 atom stereocenters. The van der Waals surface area contributed by atoms with Gasteiger partial charge in [0.2, 0.25) is 0 Å². The van der Waals surface area contributed by atoms with Crippen LogP contribution in [0.25, 0.3) is 0 Å². The van der Waals surface area contributed by atoms with Crippen molar-refractivity contribution < 1.29 is 9.18 Å². The van der Waals surface area contributed by atoms with Gasteiger partial charge in [-0.15, -0.1) is 0 Å². The Morgan fingerprint density at radius 2 is 2.09 bits per heavy atom. The Bertz CT molecular complexity index is 678. The summed E-state index contributed by atoms with van der Waals surface area (Å²) in [7, 11) is 0. The van der Waals surface area contributed by atoms with Crippen molar-refractivity contribution in [3.8, 4) is 0 Å². The van der Waals surface area contributed by atoms with Crippen molar-refractivity contribution in [1.29, 1.82) is 0 Å². The number of hydrogen-bond donors (Lipinski definition) is 2. The number of carbonyl (C=O) groups is 1. The SMILES string of the molecule is CCC(C)NC(=O)c1cncc(Nc2ccc(F)c(Cl)c2)c1. The van der Waals surface area contributed by atoms with Gasteiger partial charge in [0.15, 0.2) is 0 Å². The van der Waals surface area contributed by atoms with Crippen molar-refractivity contribution in [3.63, 3.8) is 0 Å². The molecule has 4 nitrogen and oxygen atoms in total. The molecule has 0 saturated heterocycles. The van der Waals surface area contributed by atoms with Crippen molar-refractivity contribution in [2.75, 3.05) is 5.32 Å². The maximum atomic E-state index is 13.1. The molecule has 1 aromatic carbocycles. The van der Waals surface area contributed by atoms with E-state index >= 15 is 0 Å². The van der Waals surface area contributed by atoms with Crippen LogP contribution >= 0.6 is 11.6 Å². The van der Waals surface area contributed by atoms with E-state index in [1.807, 2.05) is 13.8 Å². The van der Waals surface area contributed by atoms with E-state index in [9.17, 15) is 9.18 Å². The number of nitrogens with zero attached hydrogens (tertiary/aromatic N) is 1. The summed E-state index contributed by atoms with van der Waals surface area (Å²) in [6.45, 7) is 3.94. The molecule has 1 heterocycles. The lowest BCUT2D eigenvalue weighted by molar-refractivity contribution is 0.0939. The predicted molar refractivity (Wildman–Crippen MR) is 86.1 cm³/mol. The molecule has 0 fully saturated rings. The summed E-state index contributed by atoms with van der Waals surface area (Å²) in [5.41, 5.74) is 1.70. The van der Waals surface area contributed by atoms with E-state index in [0.29, 0.717) is 16.9 Å². The van der Waals surface area contributed by atoms with E-state index in [4.69, 9.17) is 11.6 Å². The van der Waals surface area contributed by atoms with Gasteiger partial charge < -0.3 is 10.6 Å². The third-order valence-electron chi connectivity index (χ3n) is 3.20. The zero-order valence-corrected chi connectivity index (χ0v) is 13.1. The van der Waals surface area contributed by atoms with Gasteiger partial charge in [0.1, 0.15) is 5.82 Å². The van der Waals surface area contributed by atoms with Gasteiger partial charge in [0.05, 0.1) is 22.5 Å². The number of halogens is 2. The molecule has 0 aliphatic heterocycles. The van der Waals surface area contributed by atoms with Crippen LogP contribution in [0, 0.1) is 5.82 Å². The molecule has 0 aliphatic rings. The van der Waals surface area contributed by atoms with E-state index < -0.39 is 5.82 Å². The number of pyridine rings is 1. The monoisotopic (exact) mass is 321 g/mol. The average Bonchev–Trinajstić information content (AvgIpc) is 2.51. The molecule has 116 valence electrons. The largest absolute Gasteiger partial charge is 0.354 e. The van der Waals surface area contributed by atoms with E-state index in [0.717, 1.165) is 6.42 Å². The number of carbonyl (C=O) groups excluding carboxylic acids is 1. The smallest absolute Gasteiger partial charge is 0.253 e. The minimum Gasteiger partial charge on any atom is -0.354 e. The first-order valence-corrected chi connectivity index (χ1v) is 7.35. The molecule has 2 N–H and O–H groups in total. The van der Waals surface area contributed by atoms with Crippen LogP contribution in [0.3, 0.4) is 0 Å². The molecule has 22 heavy (non-hydrogen) atoms. The first-order valence-electron chi connectivity index (χ1n) is 6.97. The van der Waals surface area contributed by atoms with Crippen molar-refractivity contribution in [3.05, 3.63) is 53.1 Å². The van der Waals surface area contributed by atoms with E-state index in [1.165, 1.54) is 18.3 Å². The van der Waals surface area contributed by atoms with Crippen molar-refractivity contribution in [2.45, 2.75) is 26.3 Å². The van der Waals surface area contributed by atoms with Crippen molar-refractivity contribution >= 4 is 28.9 Å². The Hall–Kier alpha value is -2.14. The number of anilines is 2. The van der Waals surface area contributed by atoms with Crippen molar-refractivity contribution in [2.24, 2.45) is 0 Å². The molecule has 2 rings (SSSR count). The molecule has 1 amide bonds. The second-order valence-corrected chi connectivity index (χ2v) is 5.41. The summed E-state index contributed by atoms with van der Waals surface area (Å²) in [4.78, 5) is 16.1. The van der Waals surface area contributed by atoms with Gasteiger partial charge >= 0.3 is 0 Å².